The minimum atomic E-state index is 0.140. The van der Waals surface area contributed by atoms with Crippen molar-refractivity contribution in [3.05, 3.63) is 59.6 Å². The Morgan fingerprint density at radius 2 is 2.00 bits per heavy atom. The largest absolute Gasteiger partial charge is 0.395 e. The van der Waals surface area contributed by atoms with Crippen LogP contribution in [-0.2, 0) is 6.54 Å². The van der Waals surface area contributed by atoms with E-state index in [1.807, 2.05) is 41.1 Å². The predicted molar refractivity (Wildman–Crippen MR) is 85.7 cm³/mol. The summed E-state index contributed by atoms with van der Waals surface area (Å²) in [5.74, 6) is 0. The van der Waals surface area contributed by atoms with Crippen molar-refractivity contribution in [1.82, 2.24) is 15.1 Å². The van der Waals surface area contributed by atoms with Gasteiger partial charge in [0.25, 0.3) is 0 Å². The van der Waals surface area contributed by atoms with Crippen LogP contribution in [0.5, 0.6) is 0 Å². The van der Waals surface area contributed by atoms with E-state index in [4.69, 9.17) is 10.2 Å². The number of nitrogens with one attached hydrogen (secondary N) is 1. The Bertz CT molecular complexity index is 677. The third-order valence-electron chi connectivity index (χ3n) is 3.17. The highest BCUT2D eigenvalue weighted by atomic mass is 32.1. The van der Waals surface area contributed by atoms with Crippen molar-refractivity contribution < 1.29 is 5.11 Å². The first-order chi connectivity index (χ1) is 10.4. The van der Waals surface area contributed by atoms with E-state index in [2.05, 4.69) is 23.0 Å². The molecule has 0 amide bonds. The first-order valence-electron chi connectivity index (χ1n) is 6.88. The summed E-state index contributed by atoms with van der Waals surface area (Å²) >= 11 is 1.68. The Hall–Kier alpha value is -1.95. The molecule has 0 radical (unpaired) electrons. The van der Waals surface area contributed by atoms with Gasteiger partial charge in [-0.2, -0.15) is 5.10 Å². The minimum absolute atomic E-state index is 0.140. The third-order valence-corrected chi connectivity index (χ3v) is 4.05. The van der Waals surface area contributed by atoms with Crippen LogP contribution in [-0.4, -0.2) is 28.0 Å². The standard InChI is InChI=1S/C16H17N3OS/c20-9-8-17-11-13-12-19(14-5-2-1-3-6-14)18-16(13)15-7-4-10-21-15/h1-7,10,12,17,20H,8-9,11H2. The molecule has 0 bridgehead atoms. The molecule has 3 aromatic rings. The molecule has 1 aromatic carbocycles. The van der Waals surface area contributed by atoms with Crippen LogP contribution < -0.4 is 5.32 Å². The highest BCUT2D eigenvalue weighted by molar-refractivity contribution is 7.13. The van der Waals surface area contributed by atoms with Crippen molar-refractivity contribution in [3.63, 3.8) is 0 Å². The molecule has 4 nitrogen and oxygen atoms in total. The monoisotopic (exact) mass is 299 g/mol. The zero-order chi connectivity index (χ0) is 14.5. The Morgan fingerprint density at radius 1 is 1.14 bits per heavy atom. The lowest BCUT2D eigenvalue weighted by atomic mass is 10.2. The summed E-state index contributed by atoms with van der Waals surface area (Å²) in [6.45, 7) is 1.42. The van der Waals surface area contributed by atoms with Crippen LogP contribution in [0.15, 0.2) is 54.0 Å². The molecular formula is C16H17N3OS. The van der Waals surface area contributed by atoms with Crippen LogP contribution in [0, 0.1) is 0 Å². The summed E-state index contributed by atoms with van der Waals surface area (Å²) in [7, 11) is 0. The SMILES string of the molecule is OCCNCc1cn(-c2ccccc2)nc1-c1cccs1. The molecule has 0 atom stereocenters. The number of nitrogens with zero attached hydrogens (tertiary/aromatic N) is 2. The number of aromatic nitrogens is 2. The van der Waals surface area contributed by atoms with Gasteiger partial charge in [0.1, 0.15) is 5.69 Å². The zero-order valence-corrected chi connectivity index (χ0v) is 12.4. The van der Waals surface area contributed by atoms with Crippen molar-refractivity contribution in [2.24, 2.45) is 0 Å². The van der Waals surface area contributed by atoms with Crippen molar-refractivity contribution in [2.75, 3.05) is 13.2 Å². The number of aliphatic hydroxyl groups is 1. The lowest BCUT2D eigenvalue weighted by molar-refractivity contribution is 0.292. The first kappa shape index (κ1) is 14.0. The highest BCUT2D eigenvalue weighted by Crippen LogP contribution is 2.27. The highest BCUT2D eigenvalue weighted by Gasteiger charge is 2.12. The number of hydrogen-bond acceptors (Lipinski definition) is 4. The van der Waals surface area contributed by atoms with Gasteiger partial charge < -0.3 is 10.4 Å². The fourth-order valence-corrected chi connectivity index (χ4v) is 2.92. The molecule has 0 spiro atoms. The summed E-state index contributed by atoms with van der Waals surface area (Å²) in [4.78, 5) is 1.16. The fraction of sp³-hybridized carbons (Fsp3) is 0.188. The maximum absolute atomic E-state index is 8.90. The second-order valence-electron chi connectivity index (χ2n) is 4.66. The normalized spacial score (nSPS) is 10.9. The lowest BCUT2D eigenvalue weighted by Gasteiger charge is -2.01. The van der Waals surface area contributed by atoms with Crippen molar-refractivity contribution in [1.29, 1.82) is 0 Å². The molecular weight excluding hydrogens is 282 g/mol. The van der Waals surface area contributed by atoms with Gasteiger partial charge in [-0.3, -0.25) is 0 Å². The molecule has 0 unspecified atom stereocenters. The molecule has 21 heavy (non-hydrogen) atoms. The van der Waals surface area contributed by atoms with E-state index in [1.54, 1.807) is 11.3 Å². The molecule has 2 aromatic heterocycles. The topological polar surface area (TPSA) is 50.1 Å². The number of benzene rings is 1. The van der Waals surface area contributed by atoms with Crippen molar-refractivity contribution in [2.45, 2.75) is 6.54 Å². The summed E-state index contributed by atoms with van der Waals surface area (Å²) < 4.78 is 1.91. The van der Waals surface area contributed by atoms with Crippen LogP contribution in [0.2, 0.25) is 0 Å². The Kier molecular flexibility index (Phi) is 4.45. The van der Waals surface area contributed by atoms with Gasteiger partial charge in [-0.25, -0.2) is 4.68 Å². The Morgan fingerprint density at radius 3 is 2.71 bits per heavy atom. The summed E-state index contributed by atoms with van der Waals surface area (Å²) in [6.07, 6.45) is 2.05. The molecule has 3 rings (SSSR count). The first-order valence-corrected chi connectivity index (χ1v) is 7.76. The van der Waals surface area contributed by atoms with E-state index in [0.717, 1.165) is 21.8 Å². The average Bonchev–Trinajstić information content (AvgIpc) is 3.17. The quantitative estimate of drug-likeness (QED) is 0.688. The lowest BCUT2D eigenvalue weighted by Crippen LogP contribution is -2.17. The number of hydrogen-bond donors (Lipinski definition) is 2. The molecule has 108 valence electrons. The van der Waals surface area contributed by atoms with Crippen LogP contribution in [0.4, 0.5) is 0 Å². The number of aliphatic hydroxyl groups excluding tert-OH is 1. The van der Waals surface area contributed by atoms with Gasteiger partial charge in [-0.15, -0.1) is 11.3 Å². The van der Waals surface area contributed by atoms with Crippen LogP contribution in [0.1, 0.15) is 5.56 Å². The van der Waals surface area contributed by atoms with Crippen LogP contribution in [0.25, 0.3) is 16.3 Å². The molecule has 0 saturated heterocycles. The Labute approximate surface area is 127 Å². The van der Waals surface area contributed by atoms with Gasteiger partial charge in [-0.05, 0) is 23.6 Å². The predicted octanol–water partition coefficient (Wildman–Crippen LogP) is 2.68. The van der Waals surface area contributed by atoms with Crippen LogP contribution >= 0.6 is 11.3 Å². The minimum Gasteiger partial charge on any atom is -0.395 e. The molecule has 2 N–H and O–H groups in total. The molecule has 0 saturated carbocycles. The third kappa shape index (κ3) is 3.21. The number of thiophene rings is 1. The smallest absolute Gasteiger partial charge is 0.107 e. The zero-order valence-electron chi connectivity index (χ0n) is 11.6. The van der Waals surface area contributed by atoms with Crippen molar-refractivity contribution in [3.8, 4) is 16.3 Å². The number of para-hydroxylation sites is 1. The molecule has 0 aliphatic heterocycles. The van der Waals surface area contributed by atoms with Gasteiger partial charge in [0.2, 0.25) is 0 Å². The number of rotatable bonds is 6. The van der Waals surface area contributed by atoms with Gasteiger partial charge >= 0.3 is 0 Å². The second-order valence-corrected chi connectivity index (χ2v) is 5.61. The fourth-order valence-electron chi connectivity index (χ4n) is 2.17. The maximum atomic E-state index is 8.90. The van der Waals surface area contributed by atoms with E-state index < -0.39 is 0 Å². The summed E-state index contributed by atoms with van der Waals surface area (Å²) in [5, 5.41) is 18.9. The van der Waals surface area contributed by atoms with E-state index in [0.29, 0.717) is 13.1 Å². The molecule has 0 aliphatic rings. The van der Waals surface area contributed by atoms with E-state index in [1.165, 1.54) is 0 Å². The van der Waals surface area contributed by atoms with Crippen LogP contribution in [0.3, 0.4) is 0 Å². The van der Waals surface area contributed by atoms with Gasteiger partial charge in [0, 0.05) is 24.8 Å². The average molecular weight is 299 g/mol. The van der Waals surface area contributed by atoms with E-state index >= 15 is 0 Å². The summed E-state index contributed by atoms with van der Waals surface area (Å²) in [5.41, 5.74) is 3.18. The molecule has 5 heteroatoms. The second kappa shape index (κ2) is 6.67. The van der Waals surface area contributed by atoms with Gasteiger partial charge in [-0.1, -0.05) is 24.3 Å². The van der Waals surface area contributed by atoms with E-state index in [9.17, 15) is 0 Å². The molecule has 0 aliphatic carbocycles. The van der Waals surface area contributed by atoms with Gasteiger partial charge in [0.05, 0.1) is 17.2 Å². The maximum Gasteiger partial charge on any atom is 0.107 e. The molecule has 2 heterocycles. The Balaban J connectivity index is 1.95. The summed E-state index contributed by atoms with van der Waals surface area (Å²) in [6, 6.07) is 14.2. The van der Waals surface area contributed by atoms with Gasteiger partial charge in [0.15, 0.2) is 0 Å². The molecule has 0 fully saturated rings. The van der Waals surface area contributed by atoms with E-state index in [-0.39, 0.29) is 6.61 Å². The van der Waals surface area contributed by atoms with Crippen molar-refractivity contribution >= 4 is 11.3 Å².